The van der Waals surface area contributed by atoms with Crippen molar-refractivity contribution < 1.29 is 14.6 Å². The Hall–Kier alpha value is -1.65. The maximum Gasteiger partial charge on any atom is 0.340 e. The van der Waals surface area contributed by atoms with E-state index in [1.807, 2.05) is 6.26 Å². The SMILES string of the molecule is CSc1cccc(Oc2cccc(Cl)c2)c1C(=O)O. The molecule has 0 aromatic heterocycles. The van der Waals surface area contributed by atoms with Crippen LogP contribution in [0, 0.1) is 0 Å². The zero-order valence-electron chi connectivity index (χ0n) is 10.1. The van der Waals surface area contributed by atoms with E-state index in [-0.39, 0.29) is 5.56 Å². The maximum atomic E-state index is 11.3. The fourth-order valence-electron chi connectivity index (χ4n) is 1.63. The van der Waals surface area contributed by atoms with E-state index in [1.54, 1.807) is 42.5 Å². The molecule has 0 fully saturated rings. The van der Waals surface area contributed by atoms with Crippen molar-refractivity contribution in [2.75, 3.05) is 6.26 Å². The average molecular weight is 295 g/mol. The lowest BCUT2D eigenvalue weighted by Gasteiger charge is -2.11. The molecular weight excluding hydrogens is 284 g/mol. The molecule has 0 bridgehead atoms. The number of thioether (sulfide) groups is 1. The van der Waals surface area contributed by atoms with Gasteiger partial charge in [0.2, 0.25) is 0 Å². The van der Waals surface area contributed by atoms with Gasteiger partial charge in [-0.25, -0.2) is 4.79 Å². The molecule has 0 radical (unpaired) electrons. The Morgan fingerprint density at radius 1 is 1.26 bits per heavy atom. The molecule has 5 heteroatoms. The number of rotatable bonds is 4. The van der Waals surface area contributed by atoms with Gasteiger partial charge in [0.05, 0.1) is 0 Å². The highest BCUT2D eigenvalue weighted by molar-refractivity contribution is 7.98. The lowest BCUT2D eigenvalue weighted by molar-refractivity contribution is 0.0690. The predicted octanol–water partition coefficient (Wildman–Crippen LogP) is 4.55. The first kappa shape index (κ1) is 13.8. The molecule has 0 aliphatic heterocycles. The summed E-state index contributed by atoms with van der Waals surface area (Å²) < 4.78 is 5.62. The first-order valence-electron chi connectivity index (χ1n) is 5.45. The lowest BCUT2D eigenvalue weighted by Crippen LogP contribution is -2.02. The fourth-order valence-corrected chi connectivity index (χ4v) is 2.42. The van der Waals surface area contributed by atoms with Crippen molar-refractivity contribution in [3.05, 3.63) is 53.1 Å². The first-order chi connectivity index (χ1) is 9.11. The van der Waals surface area contributed by atoms with E-state index in [4.69, 9.17) is 16.3 Å². The fraction of sp³-hybridized carbons (Fsp3) is 0.0714. The van der Waals surface area contributed by atoms with Gasteiger partial charge in [0.25, 0.3) is 0 Å². The van der Waals surface area contributed by atoms with Crippen LogP contribution in [0.3, 0.4) is 0 Å². The second-order valence-electron chi connectivity index (χ2n) is 3.70. The molecule has 0 saturated heterocycles. The average Bonchev–Trinajstić information content (AvgIpc) is 2.38. The largest absolute Gasteiger partial charge is 0.478 e. The van der Waals surface area contributed by atoms with Crippen LogP contribution in [-0.2, 0) is 0 Å². The molecule has 98 valence electrons. The van der Waals surface area contributed by atoms with Gasteiger partial charge < -0.3 is 9.84 Å². The third-order valence-electron chi connectivity index (χ3n) is 2.45. The summed E-state index contributed by atoms with van der Waals surface area (Å²) in [6.07, 6.45) is 1.82. The van der Waals surface area contributed by atoms with Crippen molar-refractivity contribution in [3.63, 3.8) is 0 Å². The van der Waals surface area contributed by atoms with Gasteiger partial charge in [-0.1, -0.05) is 23.7 Å². The van der Waals surface area contributed by atoms with Crippen LogP contribution in [0.5, 0.6) is 11.5 Å². The quantitative estimate of drug-likeness (QED) is 0.840. The minimum absolute atomic E-state index is 0.162. The molecule has 2 aromatic carbocycles. The van der Waals surface area contributed by atoms with Crippen LogP contribution in [0.15, 0.2) is 47.4 Å². The lowest BCUT2D eigenvalue weighted by atomic mass is 10.2. The van der Waals surface area contributed by atoms with E-state index in [2.05, 4.69) is 0 Å². The minimum Gasteiger partial charge on any atom is -0.478 e. The number of carbonyl (C=O) groups is 1. The number of carboxylic acids is 1. The van der Waals surface area contributed by atoms with Crippen LogP contribution in [-0.4, -0.2) is 17.3 Å². The topological polar surface area (TPSA) is 46.5 Å². The molecule has 0 aliphatic carbocycles. The monoisotopic (exact) mass is 294 g/mol. The smallest absolute Gasteiger partial charge is 0.340 e. The number of benzene rings is 2. The molecule has 1 N–H and O–H groups in total. The molecule has 0 unspecified atom stereocenters. The normalized spacial score (nSPS) is 10.2. The molecule has 2 aromatic rings. The standard InChI is InChI=1S/C14H11ClO3S/c1-19-12-7-3-6-11(13(12)14(16)17)18-10-5-2-4-9(15)8-10/h2-8H,1H3,(H,16,17). The number of ether oxygens (including phenoxy) is 1. The highest BCUT2D eigenvalue weighted by Gasteiger charge is 2.16. The minimum atomic E-state index is -1.01. The molecule has 0 heterocycles. The van der Waals surface area contributed by atoms with Crippen molar-refractivity contribution in [1.82, 2.24) is 0 Å². The van der Waals surface area contributed by atoms with Gasteiger partial charge in [-0.2, -0.15) is 0 Å². The van der Waals surface area contributed by atoms with Crippen molar-refractivity contribution in [3.8, 4) is 11.5 Å². The van der Waals surface area contributed by atoms with E-state index < -0.39 is 5.97 Å². The molecule has 0 amide bonds. The zero-order valence-corrected chi connectivity index (χ0v) is 11.7. The van der Waals surface area contributed by atoms with Gasteiger partial charge in [0.15, 0.2) is 0 Å². The number of hydrogen-bond acceptors (Lipinski definition) is 3. The zero-order chi connectivity index (χ0) is 13.8. The van der Waals surface area contributed by atoms with Crippen LogP contribution >= 0.6 is 23.4 Å². The van der Waals surface area contributed by atoms with Crippen molar-refractivity contribution >= 4 is 29.3 Å². The highest BCUT2D eigenvalue weighted by Crippen LogP contribution is 2.32. The Morgan fingerprint density at radius 2 is 2.00 bits per heavy atom. The summed E-state index contributed by atoms with van der Waals surface area (Å²) in [6, 6.07) is 12.0. The van der Waals surface area contributed by atoms with E-state index in [0.29, 0.717) is 21.4 Å². The van der Waals surface area contributed by atoms with Crippen molar-refractivity contribution in [2.24, 2.45) is 0 Å². The summed E-state index contributed by atoms with van der Waals surface area (Å²) in [7, 11) is 0. The van der Waals surface area contributed by atoms with Gasteiger partial charge in [-0.05, 0) is 36.6 Å². The molecule has 0 spiro atoms. The summed E-state index contributed by atoms with van der Waals surface area (Å²) >= 11 is 7.24. The Bertz CT molecular complexity index is 613. The maximum absolute atomic E-state index is 11.3. The number of carboxylic acid groups (broad SMARTS) is 1. The number of halogens is 1. The second-order valence-corrected chi connectivity index (χ2v) is 4.98. The predicted molar refractivity (Wildman–Crippen MR) is 76.7 cm³/mol. The molecular formula is C14H11ClO3S. The van der Waals surface area contributed by atoms with Crippen LogP contribution in [0.25, 0.3) is 0 Å². The third kappa shape index (κ3) is 3.22. The van der Waals surface area contributed by atoms with Crippen LogP contribution in [0.4, 0.5) is 0 Å². The third-order valence-corrected chi connectivity index (χ3v) is 3.46. The molecule has 0 aliphatic rings. The summed E-state index contributed by atoms with van der Waals surface area (Å²) in [5.41, 5.74) is 0.162. The van der Waals surface area contributed by atoms with E-state index in [9.17, 15) is 9.90 Å². The highest BCUT2D eigenvalue weighted by atomic mass is 35.5. The van der Waals surface area contributed by atoms with Crippen LogP contribution in [0.1, 0.15) is 10.4 Å². The first-order valence-corrected chi connectivity index (χ1v) is 7.06. The molecule has 0 atom stereocenters. The van der Waals surface area contributed by atoms with Crippen molar-refractivity contribution in [2.45, 2.75) is 4.90 Å². The van der Waals surface area contributed by atoms with Crippen LogP contribution in [0.2, 0.25) is 5.02 Å². The Labute approximate surface area is 120 Å². The molecule has 19 heavy (non-hydrogen) atoms. The molecule has 2 rings (SSSR count). The number of hydrogen-bond donors (Lipinski definition) is 1. The molecule has 3 nitrogen and oxygen atoms in total. The summed E-state index contributed by atoms with van der Waals surface area (Å²) in [4.78, 5) is 12.0. The van der Waals surface area contributed by atoms with E-state index in [1.165, 1.54) is 11.8 Å². The van der Waals surface area contributed by atoms with Gasteiger partial charge in [-0.3, -0.25) is 0 Å². The Kier molecular flexibility index (Phi) is 4.35. The Morgan fingerprint density at radius 3 is 2.63 bits per heavy atom. The summed E-state index contributed by atoms with van der Waals surface area (Å²) in [5.74, 6) is -0.197. The van der Waals surface area contributed by atoms with Gasteiger partial charge >= 0.3 is 5.97 Å². The molecule has 0 saturated carbocycles. The van der Waals surface area contributed by atoms with Gasteiger partial charge in [0, 0.05) is 9.92 Å². The number of aromatic carboxylic acids is 1. The van der Waals surface area contributed by atoms with Gasteiger partial charge in [0.1, 0.15) is 17.1 Å². The van der Waals surface area contributed by atoms with E-state index in [0.717, 1.165) is 0 Å². The summed E-state index contributed by atoms with van der Waals surface area (Å²) in [6.45, 7) is 0. The van der Waals surface area contributed by atoms with Crippen LogP contribution < -0.4 is 4.74 Å². The van der Waals surface area contributed by atoms with Gasteiger partial charge in [-0.15, -0.1) is 11.8 Å². The van der Waals surface area contributed by atoms with E-state index >= 15 is 0 Å². The Balaban J connectivity index is 2.42. The summed E-state index contributed by atoms with van der Waals surface area (Å²) in [5, 5.41) is 9.83. The van der Waals surface area contributed by atoms with Crippen molar-refractivity contribution in [1.29, 1.82) is 0 Å². The second kappa shape index (κ2) is 5.99.